The molecule has 0 bridgehead atoms. The van der Waals surface area contributed by atoms with Crippen LogP contribution in [0.15, 0.2) is 0 Å². The van der Waals surface area contributed by atoms with E-state index >= 15 is 0 Å². The summed E-state index contributed by atoms with van der Waals surface area (Å²) < 4.78 is 2.37. The Morgan fingerprint density at radius 2 is 2.25 bits per heavy atom. The van der Waals surface area contributed by atoms with Gasteiger partial charge in [0.25, 0.3) is 0 Å². The van der Waals surface area contributed by atoms with E-state index in [1.807, 2.05) is 0 Å². The Morgan fingerprint density at radius 3 is 3.06 bits per heavy atom. The Morgan fingerprint density at radius 1 is 1.31 bits per heavy atom. The van der Waals surface area contributed by atoms with Gasteiger partial charge in [-0.25, -0.2) is 0 Å². The summed E-state index contributed by atoms with van der Waals surface area (Å²) in [5, 5.41) is 12.3. The molecule has 2 unspecified atom stereocenters. The zero-order valence-corrected chi connectivity index (χ0v) is 9.95. The number of rotatable bonds is 1. The summed E-state index contributed by atoms with van der Waals surface area (Å²) >= 11 is 0. The maximum absolute atomic E-state index is 4.43. The van der Waals surface area contributed by atoms with Crippen LogP contribution in [0.1, 0.15) is 43.8 Å². The number of hydrogen-bond donors (Lipinski definition) is 1. The molecule has 1 aromatic rings. The fourth-order valence-corrected chi connectivity index (χ4v) is 2.88. The van der Waals surface area contributed by atoms with Crippen molar-refractivity contribution in [3.8, 4) is 0 Å². The Balaban J connectivity index is 1.85. The molecule has 2 aliphatic heterocycles. The van der Waals surface area contributed by atoms with Crippen molar-refractivity contribution in [3.63, 3.8) is 0 Å². The number of hydrogen-bond acceptors (Lipinski definition) is 3. The topological polar surface area (TPSA) is 42.7 Å². The van der Waals surface area contributed by atoms with E-state index in [1.165, 1.54) is 30.9 Å². The summed E-state index contributed by atoms with van der Waals surface area (Å²) in [6, 6.07) is 0. The van der Waals surface area contributed by atoms with E-state index < -0.39 is 0 Å². The van der Waals surface area contributed by atoms with Crippen molar-refractivity contribution in [1.82, 2.24) is 20.1 Å². The first kappa shape index (κ1) is 10.3. The minimum atomic E-state index is 0.586. The van der Waals surface area contributed by atoms with Crippen LogP contribution in [0.25, 0.3) is 0 Å². The third-order valence-electron chi connectivity index (χ3n) is 3.89. The van der Waals surface area contributed by atoms with Gasteiger partial charge in [-0.15, -0.1) is 10.2 Å². The Hall–Kier alpha value is -0.900. The third-order valence-corrected chi connectivity index (χ3v) is 3.89. The lowest BCUT2D eigenvalue weighted by Gasteiger charge is -2.25. The van der Waals surface area contributed by atoms with Gasteiger partial charge in [0.1, 0.15) is 11.6 Å². The molecule has 1 aromatic heterocycles. The van der Waals surface area contributed by atoms with Gasteiger partial charge in [-0.1, -0.05) is 6.92 Å². The second-order valence-corrected chi connectivity index (χ2v) is 5.27. The normalized spacial score (nSPS) is 30.1. The van der Waals surface area contributed by atoms with Crippen LogP contribution in [0, 0.1) is 5.92 Å². The highest BCUT2D eigenvalue weighted by Gasteiger charge is 2.25. The second-order valence-electron chi connectivity index (χ2n) is 5.27. The third kappa shape index (κ3) is 1.75. The largest absolute Gasteiger partial charge is 0.316 e. The fourth-order valence-electron chi connectivity index (χ4n) is 2.88. The SMILES string of the molecule is CC1CCn2c(nnc2C2CCCNC2)C1. The molecule has 3 heterocycles. The van der Waals surface area contributed by atoms with Gasteiger partial charge in [0.2, 0.25) is 0 Å². The Kier molecular flexibility index (Phi) is 2.67. The molecule has 0 amide bonds. The molecule has 0 spiro atoms. The van der Waals surface area contributed by atoms with Crippen molar-refractivity contribution in [2.75, 3.05) is 13.1 Å². The smallest absolute Gasteiger partial charge is 0.137 e. The van der Waals surface area contributed by atoms with Crippen molar-refractivity contribution in [3.05, 3.63) is 11.6 Å². The molecule has 1 saturated heterocycles. The number of piperidine rings is 1. The highest BCUT2D eigenvalue weighted by atomic mass is 15.3. The molecule has 2 aliphatic rings. The first-order valence-electron chi connectivity index (χ1n) is 6.47. The monoisotopic (exact) mass is 220 g/mol. The number of nitrogens with zero attached hydrogens (tertiary/aromatic N) is 3. The van der Waals surface area contributed by atoms with Gasteiger partial charge in [-0.05, 0) is 31.7 Å². The molecule has 1 fully saturated rings. The summed E-state index contributed by atoms with van der Waals surface area (Å²) in [6.45, 7) is 5.66. The predicted molar refractivity (Wildman–Crippen MR) is 62.4 cm³/mol. The molecule has 0 saturated carbocycles. The van der Waals surface area contributed by atoms with E-state index in [9.17, 15) is 0 Å². The van der Waals surface area contributed by atoms with Crippen LogP contribution in [0.3, 0.4) is 0 Å². The van der Waals surface area contributed by atoms with Crippen molar-refractivity contribution >= 4 is 0 Å². The lowest BCUT2D eigenvalue weighted by molar-refractivity contribution is 0.379. The van der Waals surface area contributed by atoms with Gasteiger partial charge in [-0.3, -0.25) is 0 Å². The summed E-state index contributed by atoms with van der Waals surface area (Å²) in [7, 11) is 0. The van der Waals surface area contributed by atoms with Crippen molar-refractivity contribution in [2.24, 2.45) is 5.92 Å². The van der Waals surface area contributed by atoms with Crippen molar-refractivity contribution in [2.45, 2.75) is 45.1 Å². The summed E-state index contributed by atoms with van der Waals surface area (Å²) in [4.78, 5) is 0. The van der Waals surface area contributed by atoms with E-state index in [2.05, 4.69) is 27.0 Å². The van der Waals surface area contributed by atoms with E-state index in [1.54, 1.807) is 0 Å². The number of nitrogens with one attached hydrogen (secondary N) is 1. The second kappa shape index (κ2) is 4.17. The first-order valence-corrected chi connectivity index (χ1v) is 6.47. The molecule has 88 valence electrons. The zero-order valence-electron chi connectivity index (χ0n) is 9.95. The molecular formula is C12H20N4. The average molecular weight is 220 g/mol. The van der Waals surface area contributed by atoms with Crippen LogP contribution in [0.4, 0.5) is 0 Å². The van der Waals surface area contributed by atoms with Crippen molar-refractivity contribution < 1.29 is 0 Å². The quantitative estimate of drug-likeness (QED) is 0.776. The van der Waals surface area contributed by atoms with Gasteiger partial charge in [0.15, 0.2) is 0 Å². The first-order chi connectivity index (χ1) is 7.84. The average Bonchev–Trinajstić information content (AvgIpc) is 2.73. The lowest BCUT2D eigenvalue weighted by atomic mass is 9.96. The minimum Gasteiger partial charge on any atom is -0.316 e. The molecule has 0 radical (unpaired) electrons. The standard InChI is InChI=1S/C12H20N4/c1-9-4-6-16-11(7-9)14-15-12(16)10-3-2-5-13-8-10/h9-10,13H,2-8H2,1H3. The molecule has 4 heteroatoms. The Labute approximate surface area is 96.4 Å². The maximum Gasteiger partial charge on any atom is 0.137 e. The van der Waals surface area contributed by atoms with E-state index in [-0.39, 0.29) is 0 Å². The highest BCUT2D eigenvalue weighted by Crippen LogP contribution is 2.26. The van der Waals surface area contributed by atoms with E-state index in [0.717, 1.165) is 32.0 Å². The maximum atomic E-state index is 4.43. The molecule has 4 nitrogen and oxygen atoms in total. The Bertz CT molecular complexity index is 365. The number of aromatic nitrogens is 3. The minimum absolute atomic E-state index is 0.586. The highest BCUT2D eigenvalue weighted by molar-refractivity contribution is 5.06. The molecule has 16 heavy (non-hydrogen) atoms. The van der Waals surface area contributed by atoms with Crippen molar-refractivity contribution in [1.29, 1.82) is 0 Å². The van der Waals surface area contributed by atoms with Crippen LogP contribution >= 0.6 is 0 Å². The summed E-state index contributed by atoms with van der Waals surface area (Å²) in [6.07, 6.45) is 4.91. The van der Waals surface area contributed by atoms with Crippen LogP contribution in [0.5, 0.6) is 0 Å². The van der Waals surface area contributed by atoms with Crippen LogP contribution < -0.4 is 5.32 Å². The predicted octanol–water partition coefficient (Wildman–Crippen LogP) is 1.33. The molecule has 0 aromatic carbocycles. The molecule has 0 aliphatic carbocycles. The number of fused-ring (bicyclic) bond motifs is 1. The van der Waals surface area contributed by atoms with Crippen LogP contribution in [-0.4, -0.2) is 27.9 Å². The van der Waals surface area contributed by atoms with Gasteiger partial charge in [0, 0.05) is 25.4 Å². The molecular weight excluding hydrogens is 200 g/mol. The molecule has 2 atom stereocenters. The molecule has 1 N–H and O–H groups in total. The zero-order chi connectivity index (χ0) is 11.0. The summed E-state index contributed by atoms with van der Waals surface area (Å²) in [5.41, 5.74) is 0. The summed E-state index contributed by atoms with van der Waals surface area (Å²) in [5.74, 6) is 3.80. The van der Waals surface area contributed by atoms with E-state index in [0.29, 0.717) is 5.92 Å². The van der Waals surface area contributed by atoms with Crippen LogP contribution in [0.2, 0.25) is 0 Å². The van der Waals surface area contributed by atoms with Crippen LogP contribution in [-0.2, 0) is 13.0 Å². The van der Waals surface area contributed by atoms with E-state index in [4.69, 9.17) is 0 Å². The molecule has 3 rings (SSSR count). The lowest BCUT2D eigenvalue weighted by Crippen LogP contribution is -2.31. The van der Waals surface area contributed by atoms with Gasteiger partial charge >= 0.3 is 0 Å². The fraction of sp³-hybridized carbons (Fsp3) is 0.833. The van der Waals surface area contributed by atoms with Gasteiger partial charge in [-0.2, -0.15) is 0 Å². The van der Waals surface area contributed by atoms with Gasteiger partial charge in [0.05, 0.1) is 0 Å². The van der Waals surface area contributed by atoms with Gasteiger partial charge < -0.3 is 9.88 Å².